The number of rotatable bonds is 3. The Morgan fingerprint density at radius 1 is 0.960 bits per heavy atom. The molecule has 3 aromatic rings. The van der Waals surface area contributed by atoms with Gasteiger partial charge in [-0.2, -0.15) is 0 Å². The molecule has 5 heteroatoms. The Morgan fingerprint density at radius 2 is 1.68 bits per heavy atom. The third kappa shape index (κ3) is 3.28. The summed E-state index contributed by atoms with van der Waals surface area (Å²) in [5.74, 6) is -0.217. The normalized spacial score (nSPS) is 15.6. The molecule has 1 aliphatic heterocycles. The summed E-state index contributed by atoms with van der Waals surface area (Å²) in [6.45, 7) is 3.99. The highest BCUT2D eigenvalue weighted by Gasteiger charge is 2.19. The van der Waals surface area contributed by atoms with Crippen LogP contribution in [-0.4, -0.2) is 31.1 Å². The summed E-state index contributed by atoms with van der Waals surface area (Å²) in [7, 11) is 0. The second-order valence-corrected chi connectivity index (χ2v) is 6.33. The van der Waals surface area contributed by atoms with Gasteiger partial charge in [0.25, 0.3) is 0 Å². The van der Waals surface area contributed by atoms with Crippen LogP contribution in [0.1, 0.15) is 5.56 Å². The summed E-state index contributed by atoms with van der Waals surface area (Å²) in [4.78, 5) is 17.1. The van der Waals surface area contributed by atoms with Gasteiger partial charge in [-0.1, -0.05) is 12.1 Å². The fraction of sp³-hybridized carbons (Fsp3) is 0.250. The zero-order chi connectivity index (χ0) is 17.2. The summed E-state index contributed by atoms with van der Waals surface area (Å²) in [5.41, 5.74) is 2.39. The average Bonchev–Trinajstić information content (AvgIpc) is 2.66. The van der Waals surface area contributed by atoms with E-state index < -0.39 is 0 Å². The molecule has 4 rings (SSSR count). The number of hydrogen-bond acceptors (Lipinski definition) is 4. The Balaban J connectivity index is 1.44. The predicted octanol–water partition coefficient (Wildman–Crippen LogP) is 3.25. The van der Waals surface area contributed by atoms with Crippen LogP contribution in [0.15, 0.2) is 64.0 Å². The number of fused-ring (bicyclic) bond motifs is 1. The van der Waals surface area contributed by atoms with E-state index in [1.807, 2.05) is 30.3 Å². The molecule has 0 bridgehead atoms. The van der Waals surface area contributed by atoms with Crippen molar-refractivity contribution in [2.45, 2.75) is 6.54 Å². The van der Waals surface area contributed by atoms with Gasteiger partial charge in [0.2, 0.25) is 0 Å². The first-order valence-electron chi connectivity index (χ1n) is 8.43. The maximum atomic E-state index is 13.0. The number of benzene rings is 2. The van der Waals surface area contributed by atoms with Gasteiger partial charge in [-0.3, -0.25) is 9.69 Å². The Labute approximate surface area is 145 Å². The van der Waals surface area contributed by atoms with E-state index >= 15 is 0 Å². The average molecular weight is 338 g/mol. The first-order chi connectivity index (χ1) is 12.2. The molecule has 1 saturated heterocycles. The van der Waals surface area contributed by atoms with Crippen molar-refractivity contribution in [1.82, 2.24) is 4.90 Å². The van der Waals surface area contributed by atoms with E-state index in [1.165, 1.54) is 12.1 Å². The zero-order valence-corrected chi connectivity index (χ0v) is 13.8. The first kappa shape index (κ1) is 15.8. The number of piperazine rings is 1. The molecule has 128 valence electrons. The number of hydrogen-bond donors (Lipinski definition) is 0. The molecule has 0 radical (unpaired) electrons. The third-order valence-electron chi connectivity index (χ3n) is 4.71. The van der Waals surface area contributed by atoms with Crippen molar-refractivity contribution in [3.8, 4) is 0 Å². The largest absolute Gasteiger partial charge is 0.464 e. The molecule has 0 N–H and O–H groups in total. The van der Waals surface area contributed by atoms with Gasteiger partial charge in [-0.15, -0.1) is 0 Å². The van der Waals surface area contributed by atoms with Crippen LogP contribution in [-0.2, 0) is 6.54 Å². The maximum absolute atomic E-state index is 13.0. The van der Waals surface area contributed by atoms with E-state index in [-0.39, 0.29) is 11.2 Å². The fourth-order valence-electron chi connectivity index (χ4n) is 3.28. The number of halogens is 1. The Kier molecular flexibility index (Phi) is 4.24. The minimum absolute atomic E-state index is 0.0443. The van der Waals surface area contributed by atoms with Gasteiger partial charge in [0, 0.05) is 44.0 Å². The lowest BCUT2D eigenvalue weighted by molar-refractivity contribution is 0.247. The molecular formula is C20H19FN2O2. The van der Waals surface area contributed by atoms with Crippen molar-refractivity contribution in [1.29, 1.82) is 0 Å². The Morgan fingerprint density at radius 3 is 2.44 bits per heavy atom. The van der Waals surface area contributed by atoms with Gasteiger partial charge < -0.3 is 9.32 Å². The molecular weight excluding hydrogens is 319 g/mol. The highest BCUT2D eigenvalue weighted by Crippen LogP contribution is 2.18. The van der Waals surface area contributed by atoms with Crippen molar-refractivity contribution in [3.63, 3.8) is 0 Å². The molecule has 0 saturated carbocycles. The standard InChI is InChI=1S/C20H19FN2O2/c21-16-5-7-17(8-6-16)23-11-9-22(10-12-23)13-15-14-25-19-4-2-1-3-18(19)20(15)24/h1-8,14H,9-13H2. The molecule has 0 aliphatic carbocycles. The van der Waals surface area contributed by atoms with Crippen LogP contribution in [0.25, 0.3) is 11.0 Å². The lowest BCUT2D eigenvalue weighted by Crippen LogP contribution is -2.46. The van der Waals surface area contributed by atoms with Crippen molar-refractivity contribution in [2.75, 3.05) is 31.1 Å². The summed E-state index contributed by atoms with van der Waals surface area (Å²) in [6, 6.07) is 13.9. The summed E-state index contributed by atoms with van der Waals surface area (Å²) < 4.78 is 18.6. The summed E-state index contributed by atoms with van der Waals surface area (Å²) in [6.07, 6.45) is 1.58. The van der Waals surface area contributed by atoms with Crippen molar-refractivity contribution < 1.29 is 8.81 Å². The fourth-order valence-corrected chi connectivity index (χ4v) is 3.28. The molecule has 0 spiro atoms. The topological polar surface area (TPSA) is 36.7 Å². The van der Waals surface area contributed by atoms with Crippen LogP contribution < -0.4 is 10.3 Å². The SMILES string of the molecule is O=c1c(CN2CCN(c3ccc(F)cc3)CC2)coc2ccccc12. The smallest absolute Gasteiger partial charge is 0.197 e. The quantitative estimate of drug-likeness (QED) is 0.735. The monoisotopic (exact) mass is 338 g/mol. The van der Waals surface area contributed by atoms with Gasteiger partial charge in [0.05, 0.1) is 11.6 Å². The van der Waals surface area contributed by atoms with Crippen molar-refractivity contribution in [3.05, 3.63) is 76.4 Å². The molecule has 4 nitrogen and oxygen atoms in total. The van der Waals surface area contributed by atoms with E-state index in [0.717, 1.165) is 31.9 Å². The van der Waals surface area contributed by atoms with Gasteiger partial charge in [-0.25, -0.2) is 4.39 Å². The van der Waals surface area contributed by atoms with Crippen LogP contribution in [0.4, 0.5) is 10.1 Å². The number of anilines is 1. The van der Waals surface area contributed by atoms with Crippen LogP contribution >= 0.6 is 0 Å². The minimum Gasteiger partial charge on any atom is -0.464 e. The molecule has 0 unspecified atom stereocenters. The van der Waals surface area contributed by atoms with Gasteiger partial charge >= 0.3 is 0 Å². The van der Waals surface area contributed by atoms with E-state index in [0.29, 0.717) is 23.1 Å². The number of nitrogens with zero attached hydrogens (tertiary/aromatic N) is 2. The van der Waals surface area contributed by atoms with Crippen molar-refractivity contribution in [2.24, 2.45) is 0 Å². The molecule has 2 aromatic carbocycles. The molecule has 1 aliphatic rings. The molecule has 25 heavy (non-hydrogen) atoms. The van der Waals surface area contributed by atoms with Crippen LogP contribution in [0, 0.1) is 5.82 Å². The Bertz CT molecular complexity index is 928. The summed E-state index contributed by atoms with van der Waals surface area (Å²) >= 11 is 0. The first-order valence-corrected chi connectivity index (χ1v) is 8.43. The zero-order valence-electron chi connectivity index (χ0n) is 13.8. The van der Waals surface area contributed by atoms with Crippen LogP contribution in [0.5, 0.6) is 0 Å². The molecule has 1 fully saturated rings. The van der Waals surface area contributed by atoms with E-state index in [4.69, 9.17) is 4.42 Å². The van der Waals surface area contributed by atoms with Crippen molar-refractivity contribution >= 4 is 16.7 Å². The molecule has 0 amide bonds. The van der Waals surface area contributed by atoms with E-state index in [1.54, 1.807) is 12.3 Å². The second-order valence-electron chi connectivity index (χ2n) is 6.33. The minimum atomic E-state index is -0.217. The molecule has 1 aromatic heterocycles. The van der Waals surface area contributed by atoms with Gasteiger partial charge in [0.15, 0.2) is 5.43 Å². The van der Waals surface area contributed by atoms with E-state index in [9.17, 15) is 9.18 Å². The highest BCUT2D eigenvalue weighted by atomic mass is 19.1. The summed E-state index contributed by atoms with van der Waals surface area (Å²) in [5, 5.41) is 0.630. The molecule has 2 heterocycles. The third-order valence-corrected chi connectivity index (χ3v) is 4.71. The van der Waals surface area contributed by atoms with E-state index in [2.05, 4.69) is 9.80 Å². The van der Waals surface area contributed by atoms with Gasteiger partial charge in [-0.05, 0) is 36.4 Å². The van der Waals surface area contributed by atoms with Crippen LogP contribution in [0.3, 0.4) is 0 Å². The Hall–Kier alpha value is -2.66. The lowest BCUT2D eigenvalue weighted by Gasteiger charge is -2.36. The van der Waals surface area contributed by atoms with Crippen LogP contribution in [0.2, 0.25) is 0 Å². The highest BCUT2D eigenvalue weighted by molar-refractivity contribution is 5.76. The van der Waals surface area contributed by atoms with Gasteiger partial charge in [0.1, 0.15) is 11.4 Å². The maximum Gasteiger partial charge on any atom is 0.197 e. The lowest BCUT2D eigenvalue weighted by atomic mass is 10.1. The number of para-hydroxylation sites is 1. The predicted molar refractivity (Wildman–Crippen MR) is 96.4 cm³/mol. The second kappa shape index (κ2) is 6.69. The molecule has 0 atom stereocenters.